The van der Waals surface area contributed by atoms with Gasteiger partial charge in [0.2, 0.25) is 0 Å². The molecular weight excluding hydrogens is 793 g/mol. The molecule has 0 aliphatic carbocycles. The van der Waals surface area contributed by atoms with Crippen LogP contribution < -0.4 is 0 Å². The number of benzene rings is 6. The van der Waals surface area contributed by atoms with E-state index in [0.717, 1.165) is 61.4 Å². The normalized spacial score (nSPS) is 12.1. The van der Waals surface area contributed by atoms with E-state index in [9.17, 15) is 5.11 Å². The number of phenols is 1. The smallest absolute Gasteiger partial charge is 0.149 e. The Labute approximate surface area is 384 Å². The summed E-state index contributed by atoms with van der Waals surface area (Å²) in [4.78, 5) is 15.0. The summed E-state index contributed by atoms with van der Waals surface area (Å²) in [5.74, 6) is 1.33. The maximum Gasteiger partial charge on any atom is 0.149 e. The van der Waals surface area contributed by atoms with Gasteiger partial charge in [-0.25, -0.2) is 4.98 Å². The van der Waals surface area contributed by atoms with E-state index in [1.54, 1.807) is 0 Å². The summed E-state index contributed by atoms with van der Waals surface area (Å²) in [5.41, 5.74) is 17.2. The van der Waals surface area contributed by atoms with Gasteiger partial charge in [0.15, 0.2) is 0 Å². The van der Waals surface area contributed by atoms with E-state index in [-0.39, 0.29) is 28.4 Å². The topological polar surface area (TPSA) is 63.8 Å². The van der Waals surface area contributed by atoms with Crippen molar-refractivity contribution >= 4 is 11.0 Å². The molecule has 0 fully saturated rings. The third kappa shape index (κ3) is 8.16. The number of pyridine rings is 2. The third-order valence-electron chi connectivity index (χ3n) is 13.0. The van der Waals surface area contributed by atoms with Crippen LogP contribution in [0.2, 0.25) is 0 Å². The first-order chi connectivity index (χ1) is 31.2. The molecule has 3 heterocycles. The van der Waals surface area contributed by atoms with Gasteiger partial charge in [-0.15, -0.1) is 0 Å². The Morgan fingerprint density at radius 1 is 0.508 bits per heavy atom. The molecule has 0 atom stereocenters. The van der Waals surface area contributed by atoms with E-state index in [1.807, 2.05) is 36.8 Å². The van der Waals surface area contributed by atoms with Crippen LogP contribution in [0.4, 0.5) is 0 Å². The number of hydrogen-bond acceptors (Lipinski definition) is 4. The van der Waals surface area contributed by atoms with E-state index < -0.39 is 0 Å². The Morgan fingerprint density at radius 2 is 1.11 bits per heavy atom. The molecule has 324 valence electrons. The van der Waals surface area contributed by atoms with Crippen molar-refractivity contribution in [1.29, 1.82) is 0 Å². The molecule has 5 heteroatoms. The summed E-state index contributed by atoms with van der Waals surface area (Å²) in [6, 6.07) is 53.9. The molecule has 5 nitrogen and oxygen atoms in total. The van der Waals surface area contributed by atoms with Gasteiger partial charge >= 0.3 is 0 Å². The standard InChI is InChI=1S/C60H58N4O/c1-38(2)50-35-43(41-20-14-11-15-21-41)36-51(39(3)4)56(50)64-54-25-17-22-48(55(54)63-58(64)49-23-16-24-52(57(49)65)59(5,6)7)44-32-45(34-47(33-44)60(8,9)46-27-29-61-30-28-46)53-37-42(26-31-62-53)40-18-12-10-13-19-40/h10-39,65H,1-9H3. The lowest BCUT2D eigenvalue weighted by molar-refractivity contribution is 0.448. The highest BCUT2D eigenvalue weighted by Gasteiger charge is 2.30. The molecule has 0 amide bonds. The van der Waals surface area contributed by atoms with E-state index in [0.29, 0.717) is 11.4 Å². The molecule has 0 bridgehead atoms. The van der Waals surface area contributed by atoms with E-state index in [2.05, 4.69) is 205 Å². The maximum atomic E-state index is 12.3. The van der Waals surface area contributed by atoms with Crippen molar-refractivity contribution in [1.82, 2.24) is 19.5 Å². The molecule has 9 aromatic rings. The fourth-order valence-electron chi connectivity index (χ4n) is 9.31. The lowest BCUT2D eigenvalue weighted by Crippen LogP contribution is -2.19. The first kappa shape index (κ1) is 43.2. The van der Waals surface area contributed by atoms with Crippen molar-refractivity contribution in [2.45, 2.75) is 85.0 Å². The first-order valence-electron chi connectivity index (χ1n) is 22.9. The molecule has 0 unspecified atom stereocenters. The van der Waals surface area contributed by atoms with E-state index in [1.165, 1.54) is 27.8 Å². The number of phenolic OH excluding ortho intramolecular Hbond substituents is 1. The fraction of sp³-hybridized carbons (Fsp3) is 0.217. The molecule has 0 saturated carbocycles. The predicted octanol–water partition coefficient (Wildman–Crippen LogP) is 15.7. The monoisotopic (exact) mass is 850 g/mol. The van der Waals surface area contributed by atoms with Gasteiger partial charge in [-0.3, -0.25) is 14.5 Å². The van der Waals surface area contributed by atoms with E-state index >= 15 is 0 Å². The van der Waals surface area contributed by atoms with Gasteiger partial charge in [0.05, 0.1) is 28.0 Å². The second-order valence-electron chi connectivity index (χ2n) is 19.5. The van der Waals surface area contributed by atoms with Gasteiger partial charge in [-0.2, -0.15) is 0 Å². The number of aromatic nitrogens is 4. The molecule has 0 aliphatic rings. The minimum atomic E-state index is -0.374. The van der Waals surface area contributed by atoms with Crippen LogP contribution >= 0.6 is 0 Å². The van der Waals surface area contributed by atoms with Crippen LogP contribution in [0.3, 0.4) is 0 Å². The minimum absolute atomic E-state index is 0.183. The zero-order chi connectivity index (χ0) is 45.6. The number of fused-ring (bicyclic) bond motifs is 1. The zero-order valence-electron chi connectivity index (χ0n) is 39.1. The lowest BCUT2D eigenvalue weighted by atomic mass is 9.77. The number of nitrogens with zero attached hydrogens (tertiary/aromatic N) is 4. The fourth-order valence-corrected chi connectivity index (χ4v) is 9.31. The number of para-hydroxylation sites is 2. The molecule has 0 spiro atoms. The molecule has 3 aromatic heterocycles. The molecule has 0 saturated heterocycles. The van der Waals surface area contributed by atoms with Crippen molar-refractivity contribution in [3.05, 3.63) is 198 Å². The van der Waals surface area contributed by atoms with Gasteiger partial charge in [0.25, 0.3) is 0 Å². The van der Waals surface area contributed by atoms with Gasteiger partial charge < -0.3 is 5.11 Å². The van der Waals surface area contributed by atoms with Crippen molar-refractivity contribution < 1.29 is 5.11 Å². The highest BCUT2D eigenvalue weighted by atomic mass is 16.3. The molecular formula is C60H58N4O. The van der Waals surface area contributed by atoms with Gasteiger partial charge in [0.1, 0.15) is 11.6 Å². The SMILES string of the molecule is CC(C)c1cc(-c2ccccc2)cc(C(C)C)c1-n1c(-c2cccc(C(C)(C)C)c2O)nc2c(-c3cc(-c4cc(-c5ccccc5)ccn4)cc(C(C)(C)c4ccncc4)c3)cccc21. The third-order valence-corrected chi connectivity index (χ3v) is 13.0. The van der Waals surface area contributed by atoms with Crippen molar-refractivity contribution in [3.8, 4) is 67.5 Å². The lowest BCUT2D eigenvalue weighted by Gasteiger charge is -2.27. The van der Waals surface area contributed by atoms with E-state index in [4.69, 9.17) is 9.97 Å². The Morgan fingerprint density at radius 3 is 1.74 bits per heavy atom. The average Bonchev–Trinajstić information content (AvgIpc) is 3.70. The molecule has 65 heavy (non-hydrogen) atoms. The van der Waals surface area contributed by atoms with Crippen LogP contribution in [0.1, 0.15) is 102 Å². The van der Waals surface area contributed by atoms with Crippen LogP contribution in [0, 0.1) is 0 Å². The van der Waals surface area contributed by atoms with Crippen molar-refractivity contribution in [2.24, 2.45) is 0 Å². The second-order valence-corrected chi connectivity index (χ2v) is 19.5. The quantitative estimate of drug-likeness (QED) is 0.149. The minimum Gasteiger partial charge on any atom is -0.507 e. The summed E-state index contributed by atoms with van der Waals surface area (Å²) in [5, 5.41) is 12.3. The highest BCUT2D eigenvalue weighted by Crippen LogP contribution is 2.46. The Kier molecular flexibility index (Phi) is 11.4. The van der Waals surface area contributed by atoms with Crippen molar-refractivity contribution in [3.63, 3.8) is 0 Å². The Bertz CT molecular complexity index is 3130. The second kappa shape index (κ2) is 17.1. The van der Waals surface area contributed by atoms with Gasteiger partial charge in [-0.1, -0.05) is 153 Å². The number of imidazole rings is 1. The maximum absolute atomic E-state index is 12.3. The number of aromatic hydroxyl groups is 1. The van der Waals surface area contributed by atoms with Crippen LogP contribution in [0.15, 0.2) is 170 Å². The summed E-state index contributed by atoms with van der Waals surface area (Å²) in [7, 11) is 0. The highest BCUT2D eigenvalue weighted by molar-refractivity contribution is 5.97. The summed E-state index contributed by atoms with van der Waals surface area (Å²) in [6.45, 7) is 20.1. The number of hydrogen-bond donors (Lipinski definition) is 1. The molecule has 0 radical (unpaired) electrons. The molecule has 9 rings (SSSR count). The molecule has 0 aliphatic heterocycles. The average molecular weight is 851 g/mol. The van der Waals surface area contributed by atoms with Crippen molar-refractivity contribution in [2.75, 3.05) is 0 Å². The Hall–Kier alpha value is -7.11. The zero-order valence-corrected chi connectivity index (χ0v) is 39.1. The largest absolute Gasteiger partial charge is 0.507 e. The molecule has 1 N–H and O–H groups in total. The first-order valence-corrected chi connectivity index (χ1v) is 22.9. The van der Waals surface area contributed by atoms with Gasteiger partial charge in [0, 0.05) is 35.1 Å². The summed E-state index contributed by atoms with van der Waals surface area (Å²) < 4.78 is 2.34. The van der Waals surface area contributed by atoms with Crippen LogP contribution in [-0.4, -0.2) is 24.6 Å². The molecule has 6 aromatic carbocycles. The number of rotatable bonds is 10. The van der Waals surface area contributed by atoms with Gasteiger partial charge in [-0.05, 0) is 134 Å². The van der Waals surface area contributed by atoms with Crippen LogP contribution in [0.5, 0.6) is 5.75 Å². The summed E-state index contributed by atoms with van der Waals surface area (Å²) >= 11 is 0. The Balaban J connectivity index is 1.36. The van der Waals surface area contributed by atoms with Crippen LogP contribution in [0.25, 0.3) is 72.7 Å². The summed E-state index contributed by atoms with van der Waals surface area (Å²) in [6.07, 6.45) is 5.65. The van der Waals surface area contributed by atoms with Crippen LogP contribution in [-0.2, 0) is 10.8 Å². The predicted molar refractivity (Wildman–Crippen MR) is 271 cm³/mol.